The van der Waals surface area contributed by atoms with Gasteiger partial charge >= 0.3 is 5.97 Å². The van der Waals surface area contributed by atoms with E-state index in [2.05, 4.69) is 4.72 Å². The number of para-hydroxylation sites is 1. The monoisotopic (exact) mass is 313 g/mol. The quantitative estimate of drug-likeness (QED) is 0.832. The summed E-state index contributed by atoms with van der Waals surface area (Å²) >= 11 is 0. The first-order valence-corrected chi connectivity index (χ1v) is 8.43. The van der Waals surface area contributed by atoms with Crippen LogP contribution in [0.3, 0.4) is 0 Å². The van der Waals surface area contributed by atoms with Gasteiger partial charge in [0, 0.05) is 19.6 Å². The van der Waals surface area contributed by atoms with Crippen molar-refractivity contribution in [2.45, 2.75) is 30.9 Å². The second-order valence-corrected chi connectivity index (χ2v) is 6.97. The summed E-state index contributed by atoms with van der Waals surface area (Å²) in [5.41, 5.74) is 1.15. The predicted octanol–water partition coefficient (Wildman–Crippen LogP) is 1.62. The van der Waals surface area contributed by atoms with E-state index in [0.717, 1.165) is 0 Å². The topological polar surface area (TPSA) is 92.7 Å². The van der Waals surface area contributed by atoms with Crippen LogP contribution in [0.5, 0.6) is 0 Å². The summed E-state index contributed by atoms with van der Waals surface area (Å²) < 4.78 is 32.5. The number of anilines is 1. The fourth-order valence-electron chi connectivity index (χ4n) is 2.30. The minimum absolute atomic E-state index is 0.0317. The maximum atomic E-state index is 12.4. The predicted molar refractivity (Wildman–Crippen MR) is 78.8 cm³/mol. The van der Waals surface area contributed by atoms with Crippen molar-refractivity contribution in [3.8, 4) is 0 Å². The van der Waals surface area contributed by atoms with Gasteiger partial charge in [-0.05, 0) is 30.9 Å². The van der Waals surface area contributed by atoms with Gasteiger partial charge in [-0.25, -0.2) is 8.42 Å². The van der Waals surface area contributed by atoms with Gasteiger partial charge in [0.05, 0.1) is 10.9 Å². The third-order valence-electron chi connectivity index (χ3n) is 3.48. The Balaban J connectivity index is 2.12. The lowest BCUT2D eigenvalue weighted by Gasteiger charge is -2.23. The van der Waals surface area contributed by atoms with Crippen molar-refractivity contribution in [1.29, 1.82) is 0 Å². The zero-order valence-electron chi connectivity index (χ0n) is 11.6. The summed E-state index contributed by atoms with van der Waals surface area (Å²) in [5.74, 6) is -0.905. The highest BCUT2D eigenvalue weighted by atomic mass is 32.2. The van der Waals surface area contributed by atoms with Gasteiger partial charge in [0.15, 0.2) is 0 Å². The van der Waals surface area contributed by atoms with Gasteiger partial charge in [0.1, 0.15) is 0 Å². The van der Waals surface area contributed by atoms with E-state index in [4.69, 9.17) is 9.84 Å². The first-order chi connectivity index (χ1) is 9.99. The molecule has 0 amide bonds. The molecule has 0 spiro atoms. The molecule has 1 saturated heterocycles. The fraction of sp³-hybridized carbons (Fsp3) is 0.500. The lowest BCUT2D eigenvalue weighted by Crippen LogP contribution is -2.33. The number of carboxylic acid groups (broad SMARTS) is 1. The van der Waals surface area contributed by atoms with Gasteiger partial charge in [-0.2, -0.15) is 0 Å². The van der Waals surface area contributed by atoms with Crippen LogP contribution in [0.25, 0.3) is 0 Å². The van der Waals surface area contributed by atoms with Crippen LogP contribution in [0, 0.1) is 0 Å². The minimum atomic E-state index is -3.47. The van der Waals surface area contributed by atoms with Crippen LogP contribution in [-0.2, 0) is 26.0 Å². The second kappa shape index (κ2) is 6.91. The molecule has 2 N–H and O–H groups in total. The van der Waals surface area contributed by atoms with Crippen LogP contribution in [0.2, 0.25) is 0 Å². The summed E-state index contributed by atoms with van der Waals surface area (Å²) in [7, 11) is -3.47. The van der Waals surface area contributed by atoms with Crippen molar-refractivity contribution in [2.75, 3.05) is 17.9 Å². The molecule has 1 aliphatic heterocycles. The maximum absolute atomic E-state index is 12.4. The number of benzene rings is 1. The number of hydrogen-bond acceptors (Lipinski definition) is 4. The molecular formula is C14H19NO5S. The largest absolute Gasteiger partial charge is 0.481 e. The van der Waals surface area contributed by atoms with Crippen molar-refractivity contribution in [3.05, 3.63) is 29.8 Å². The van der Waals surface area contributed by atoms with Gasteiger partial charge in [0.2, 0.25) is 10.0 Å². The van der Waals surface area contributed by atoms with E-state index in [1.807, 2.05) is 0 Å². The van der Waals surface area contributed by atoms with Crippen molar-refractivity contribution in [3.63, 3.8) is 0 Å². The normalized spacial score (nSPS) is 16.6. The standard InChI is InChI=1S/C14H19NO5S/c16-14(17)6-5-11-3-1-2-4-13(11)15-21(18,19)12-7-9-20-10-8-12/h1-4,12,15H,5-10H2,(H,16,17). The van der Waals surface area contributed by atoms with Crippen LogP contribution >= 0.6 is 0 Å². The lowest BCUT2D eigenvalue weighted by atomic mass is 10.1. The molecule has 116 valence electrons. The number of aliphatic carboxylic acids is 1. The molecule has 1 heterocycles. The Morgan fingerprint density at radius 2 is 1.95 bits per heavy atom. The van der Waals surface area contributed by atoms with E-state index in [9.17, 15) is 13.2 Å². The van der Waals surface area contributed by atoms with Crippen molar-refractivity contribution in [1.82, 2.24) is 0 Å². The highest BCUT2D eigenvalue weighted by Gasteiger charge is 2.28. The third-order valence-corrected chi connectivity index (χ3v) is 5.34. The average Bonchev–Trinajstić information content (AvgIpc) is 2.47. The molecule has 7 heteroatoms. The SMILES string of the molecule is O=C(O)CCc1ccccc1NS(=O)(=O)C1CCOCC1. The summed E-state index contributed by atoms with van der Waals surface area (Å²) in [6, 6.07) is 6.90. The summed E-state index contributed by atoms with van der Waals surface area (Å²) in [6.45, 7) is 0.901. The number of nitrogens with one attached hydrogen (secondary N) is 1. The van der Waals surface area contributed by atoms with Crippen molar-refractivity contribution < 1.29 is 23.1 Å². The zero-order valence-corrected chi connectivity index (χ0v) is 12.4. The highest BCUT2D eigenvalue weighted by molar-refractivity contribution is 7.93. The number of hydrogen-bond donors (Lipinski definition) is 2. The van der Waals surface area contributed by atoms with Crippen LogP contribution in [0.4, 0.5) is 5.69 Å². The molecule has 6 nitrogen and oxygen atoms in total. The molecule has 0 unspecified atom stereocenters. The van der Waals surface area contributed by atoms with Gasteiger partial charge < -0.3 is 9.84 Å². The Kier molecular flexibility index (Phi) is 5.19. The Labute approximate surface area is 124 Å². The van der Waals surface area contributed by atoms with Gasteiger partial charge in [-0.3, -0.25) is 9.52 Å². The Morgan fingerprint density at radius 1 is 1.29 bits per heavy atom. The molecule has 1 aliphatic rings. The first-order valence-electron chi connectivity index (χ1n) is 6.88. The summed E-state index contributed by atoms with van der Waals surface area (Å²) in [6.07, 6.45) is 1.22. The van der Waals surface area contributed by atoms with Crippen molar-refractivity contribution >= 4 is 21.7 Å². The van der Waals surface area contributed by atoms with E-state index < -0.39 is 21.2 Å². The smallest absolute Gasteiger partial charge is 0.303 e. The molecule has 0 radical (unpaired) electrons. The molecule has 0 saturated carbocycles. The molecule has 0 bridgehead atoms. The molecule has 1 aromatic rings. The van der Waals surface area contributed by atoms with Crippen molar-refractivity contribution in [2.24, 2.45) is 0 Å². The van der Waals surface area contributed by atoms with Crippen LogP contribution in [0.15, 0.2) is 24.3 Å². The van der Waals surface area contributed by atoms with Gasteiger partial charge in [-0.15, -0.1) is 0 Å². The summed E-state index contributed by atoms with van der Waals surface area (Å²) in [4.78, 5) is 10.7. The van der Waals surface area contributed by atoms with E-state index in [0.29, 0.717) is 43.7 Å². The Hall–Kier alpha value is -1.60. The average molecular weight is 313 g/mol. The lowest BCUT2D eigenvalue weighted by molar-refractivity contribution is -0.136. The fourth-order valence-corrected chi connectivity index (χ4v) is 3.79. The maximum Gasteiger partial charge on any atom is 0.303 e. The number of carbonyl (C=O) groups is 1. The van der Waals surface area contributed by atoms with Crippen LogP contribution in [0.1, 0.15) is 24.8 Å². The number of carboxylic acids is 1. The van der Waals surface area contributed by atoms with E-state index >= 15 is 0 Å². The summed E-state index contributed by atoms with van der Waals surface area (Å²) in [5, 5.41) is 8.29. The highest BCUT2D eigenvalue weighted by Crippen LogP contribution is 2.22. The first kappa shape index (κ1) is 15.8. The molecule has 0 aliphatic carbocycles. The molecule has 0 atom stereocenters. The Morgan fingerprint density at radius 3 is 2.62 bits per heavy atom. The number of rotatable bonds is 6. The number of aryl methyl sites for hydroxylation is 1. The van der Waals surface area contributed by atoms with Gasteiger partial charge in [-0.1, -0.05) is 18.2 Å². The number of sulfonamides is 1. The van der Waals surface area contributed by atoms with Gasteiger partial charge in [0.25, 0.3) is 0 Å². The molecule has 0 aromatic heterocycles. The molecule has 1 fully saturated rings. The van der Waals surface area contributed by atoms with E-state index in [1.54, 1.807) is 24.3 Å². The zero-order chi connectivity index (χ0) is 15.3. The molecular weight excluding hydrogens is 294 g/mol. The molecule has 21 heavy (non-hydrogen) atoms. The minimum Gasteiger partial charge on any atom is -0.481 e. The van der Waals surface area contributed by atoms with Crippen LogP contribution in [-0.4, -0.2) is 38.0 Å². The Bertz CT molecular complexity index is 593. The number of ether oxygens (including phenoxy) is 1. The molecule has 1 aromatic carbocycles. The molecule has 2 rings (SSSR count). The van der Waals surface area contributed by atoms with E-state index in [1.165, 1.54) is 0 Å². The van der Waals surface area contributed by atoms with E-state index in [-0.39, 0.29) is 6.42 Å². The third kappa shape index (κ3) is 4.44. The van der Waals surface area contributed by atoms with Crippen LogP contribution < -0.4 is 4.72 Å². The second-order valence-electron chi connectivity index (χ2n) is 5.01.